The number of hydrogen-bond donors (Lipinski definition) is 2. The summed E-state index contributed by atoms with van der Waals surface area (Å²) in [5, 5.41) is 8.23. The van der Waals surface area contributed by atoms with Gasteiger partial charge < -0.3 is 29.0 Å². The molecular formula is C45H62N8O6S. The second-order valence-electron chi connectivity index (χ2n) is 19.1. The molecule has 1 aromatic carbocycles. The minimum atomic E-state index is -0.974. The first-order valence-electron chi connectivity index (χ1n) is 21.6. The highest BCUT2D eigenvalue weighted by Crippen LogP contribution is 2.43. The molecule has 9 rings (SSSR count). The molecule has 7 heterocycles. The molecule has 0 radical (unpaired) electrons. The van der Waals surface area contributed by atoms with Gasteiger partial charge in [0, 0.05) is 97.4 Å². The highest BCUT2D eigenvalue weighted by Gasteiger charge is 2.51. The van der Waals surface area contributed by atoms with E-state index in [1.165, 1.54) is 22.5 Å². The van der Waals surface area contributed by atoms with Crippen LogP contribution in [0.5, 0.6) is 0 Å². The lowest BCUT2D eigenvalue weighted by molar-refractivity contribution is -0.170. The van der Waals surface area contributed by atoms with Gasteiger partial charge in [-0.1, -0.05) is 19.9 Å². The molecule has 6 aliphatic rings. The fourth-order valence-electron chi connectivity index (χ4n) is 9.48. The quantitative estimate of drug-likeness (QED) is 0.298. The number of ether oxygens (including phenoxy) is 3. The molecular weight excluding hydrogens is 781 g/mol. The molecule has 3 saturated heterocycles. The van der Waals surface area contributed by atoms with Gasteiger partial charge in [-0.3, -0.25) is 24.5 Å². The summed E-state index contributed by atoms with van der Waals surface area (Å²) in [6, 6.07) is 4.97. The number of carbonyl (C=O) groups excluding carboxylic acids is 3. The van der Waals surface area contributed by atoms with Crippen LogP contribution in [0.15, 0.2) is 34.3 Å². The highest BCUT2D eigenvalue weighted by molar-refractivity contribution is 7.10. The molecule has 2 N–H and O–H groups in total. The zero-order valence-electron chi connectivity index (χ0n) is 36.7. The van der Waals surface area contributed by atoms with E-state index < -0.39 is 29.2 Å². The van der Waals surface area contributed by atoms with Crippen molar-refractivity contribution >= 4 is 52.0 Å². The van der Waals surface area contributed by atoms with Gasteiger partial charge in [-0.25, -0.2) is 15.2 Å². The van der Waals surface area contributed by atoms with Crippen LogP contribution in [0, 0.1) is 11.3 Å². The summed E-state index contributed by atoms with van der Waals surface area (Å²) in [5.41, 5.74) is 9.36. The number of amides is 2. The molecule has 2 aromatic heterocycles. The Labute approximate surface area is 357 Å². The van der Waals surface area contributed by atoms with Gasteiger partial charge >= 0.3 is 12.1 Å². The van der Waals surface area contributed by atoms with Crippen molar-refractivity contribution in [2.24, 2.45) is 16.3 Å². The topological polar surface area (TPSA) is 143 Å². The maximum atomic E-state index is 14.3. The number of likely N-dealkylation sites (N-methyl/N-ethyl adjacent to an activating group) is 1. The first-order valence-corrected chi connectivity index (χ1v) is 22.5. The number of thiazole rings is 1. The van der Waals surface area contributed by atoms with E-state index in [0.717, 1.165) is 72.7 Å². The number of rotatable bonds is 6. The molecule has 0 spiro atoms. The SMILES string of the molecule is CCn1c(C2=C([C@H](C)OC)N=C[C@H](N3CCN(C)CC3)C2)c2c3cc(ccc31)-c1csc(n1)C[C@H](NC(=O)OC(C)(C)C)C(=O)N1NC(C(=O)OCC(C)(C)C2)C2CC1C2. The Bertz CT molecular complexity index is 2190. The monoisotopic (exact) mass is 842 g/mol. The smallest absolute Gasteiger partial charge is 0.408 e. The van der Waals surface area contributed by atoms with Gasteiger partial charge in [0.1, 0.15) is 17.7 Å². The summed E-state index contributed by atoms with van der Waals surface area (Å²) in [6.07, 6.45) is 4.18. The molecule has 8 bridgehead atoms. The van der Waals surface area contributed by atoms with Crippen molar-refractivity contribution in [2.45, 2.75) is 123 Å². The van der Waals surface area contributed by atoms with Gasteiger partial charge in [0.2, 0.25) is 0 Å². The van der Waals surface area contributed by atoms with Crippen LogP contribution in [0.4, 0.5) is 4.79 Å². The average molecular weight is 843 g/mol. The molecule has 1 saturated carbocycles. The number of esters is 1. The van der Waals surface area contributed by atoms with Crippen LogP contribution >= 0.6 is 11.3 Å². The van der Waals surface area contributed by atoms with Crippen LogP contribution in [-0.2, 0) is 43.2 Å². The molecule has 60 heavy (non-hydrogen) atoms. The number of cyclic esters (lactones) is 1. The number of aryl methyl sites for hydroxylation is 1. The van der Waals surface area contributed by atoms with Crippen LogP contribution in [0.1, 0.15) is 84.0 Å². The molecule has 2 amide bonds. The van der Waals surface area contributed by atoms with Crippen molar-refractivity contribution in [1.82, 2.24) is 35.1 Å². The number of aliphatic imine (C=N–C) groups is 1. The minimum absolute atomic E-state index is 0.0554. The maximum absolute atomic E-state index is 14.3. The van der Waals surface area contributed by atoms with E-state index in [-0.39, 0.29) is 49.0 Å². The van der Waals surface area contributed by atoms with Gasteiger partial charge in [-0.15, -0.1) is 11.3 Å². The Balaban J connectivity index is 1.24. The third kappa shape index (κ3) is 8.52. The van der Waals surface area contributed by atoms with Crippen LogP contribution in [0.3, 0.4) is 0 Å². The van der Waals surface area contributed by atoms with Gasteiger partial charge in [0.05, 0.1) is 34.8 Å². The Morgan fingerprint density at radius 1 is 1.13 bits per heavy atom. The first-order chi connectivity index (χ1) is 28.5. The zero-order valence-corrected chi connectivity index (χ0v) is 37.5. The second kappa shape index (κ2) is 16.6. The molecule has 4 atom stereocenters. The number of hydrazine groups is 1. The molecule has 15 heteroatoms. The summed E-state index contributed by atoms with van der Waals surface area (Å²) in [7, 11) is 3.93. The standard InChI is InChI=1S/C45H62N8O6S/c1-10-52-36-12-11-27-19-31(36)33(40(52)32-20-30(23-46-38(32)26(2)57-9)51-15-13-50(8)14-16-51)22-45(6,7)25-58-42(55)39-28-17-29(18-28)53(49-39)41(54)34(21-37-47-35(27)24-60-37)48-43(56)59-44(3,4)5/h11-12,19,23-24,26,28-30,34,39,49H,10,13-18,20-22,25H2,1-9H3,(H,48,56)/t26-,28?,29?,30+,34-,39?/m0/s1. The predicted molar refractivity (Wildman–Crippen MR) is 234 cm³/mol. The number of alkyl carbamates (subject to hydrolysis) is 1. The number of piperazine rings is 1. The summed E-state index contributed by atoms with van der Waals surface area (Å²) in [4.78, 5) is 56.7. The number of benzene rings is 1. The number of fused-ring (bicyclic) bond motifs is 4. The first kappa shape index (κ1) is 42.5. The lowest BCUT2D eigenvalue weighted by Crippen LogP contribution is -2.71. The molecule has 1 aliphatic carbocycles. The van der Waals surface area contributed by atoms with Gasteiger partial charge in [0.15, 0.2) is 0 Å². The second-order valence-corrected chi connectivity index (χ2v) is 20.1. The minimum Gasteiger partial charge on any atom is -0.464 e. The van der Waals surface area contributed by atoms with Crippen LogP contribution in [0.2, 0.25) is 0 Å². The van der Waals surface area contributed by atoms with E-state index in [1.54, 1.807) is 32.9 Å². The Kier molecular flexibility index (Phi) is 11.8. The average Bonchev–Trinajstić information content (AvgIpc) is 3.79. The number of methoxy groups -OCH3 is 1. The highest BCUT2D eigenvalue weighted by atomic mass is 32.1. The van der Waals surface area contributed by atoms with E-state index >= 15 is 0 Å². The lowest BCUT2D eigenvalue weighted by Gasteiger charge is -2.53. The van der Waals surface area contributed by atoms with E-state index in [9.17, 15) is 14.4 Å². The van der Waals surface area contributed by atoms with Gasteiger partial charge in [-0.2, -0.15) is 0 Å². The van der Waals surface area contributed by atoms with Crippen molar-refractivity contribution in [3.63, 3.8) is 0 Å². The van der Waals surface area contributed by atoms with Crippen molar-refractivity contribution in [1.29, 1.82) is 0 Å². The predicted octanol–water partition coefficient (Wildman–Crippen LogP) is 5.68. The van der Waals surface area contributed by atoms with E-state index in [0.29, 0.717) is 24.3 Å². The molecule has 4 fully saturated rings. The summed E-state index contributed by atoms with van der Waals surface area (Å²) < 4.78 is 20.2. The molecule has 3 aromatic rings. The molecule has 1 unspecified atom stereocenters. The summed E-state index contributed by atoms with van der Waals surface area (Å²) in [5.74, 6) is -0.655. The normalized spacial score (nSPS) is 27.0. The van der Waals surface area contributed by atoms with E-state index in [2.05, 4.69) is 84.3 Å². The number of carbonyl (C=O) groups is 3. The summed E-state index contributed by atoms with van der Waals surface area (Å²) in [6.45, 7) is 18.9. The Morgan fingerprint density at radius 3 is 2.58 bits per heavy atom. The van der Waals surface area contributed by atoms with Gasteiger partial charge in [-0.05, 0) is 91.0 Å². The van der Waals surface area contributed by atoms with Crippen LogP contribution < -0.4 is 10.7 Å². The van der Waals surface area contributed by atoms with Crippen molar-refractivity contribution in [3.8, 4) is 11.3 Å². The molecule has 324 valence electrons. The van der Waals surface area contributed by atoms with Crippen molar-refractivity contribution < 1.29 is 28.6 Å². The third-order valence-corrected chi connectivity index (χ3v) is 13.7. The van der Waals surface area contributed by atoms with Gasteiger partial charge in [0.25, 0.3) is 5.91 Å². The maximum Gasteiger partial charge on any atom is 0.408 e. The largest absolute Gasteiger partial charge is 0.464 e. The van der Waals surface area contributed by atoms with E-state index in [4.69, 9.17) is 24.2 Å². The van der Waals surface area contributed by atoms with Crippen LogP contribution in [0.25, 0.3) is 27.7 Å². The molecule has 14 nitrogen and oxygen atoms in total. The number of hydrogen-bond acceptors (Lipinski definition) is 12. The number of aromatic nitrogens is 2. The fourth-order valence-corrected chi connectivity index (χ4v) is 10.3. The van der Waals surface area contributed by atoms with Crippen molar-refractivity contribution in [2.75, 3.05) is 46.9 Å². The van der Waals surface area contributed by atoms with E-state index in [1.807, 2.05) is 5.38 Å². The zero-order chi connectivity index (χ0) is 42.7. The molecule has 5 aliphatic heterocycles. The van der Waals surface area contributed by atoms with Crippen LogP contribution in [-0.4, -0.2) is 131 Å². The number of nitrogens with one attached hydrogen (secondary N) is 2. The fraction of sp³-hybridized carbons (Fsp3) is 0.622. The lowest BCUT2D eigenvalue weighted by atomic mass is 9.73. The Morgan fingerprint density at radius 2 is 1.88 bits per heavy atom. The number of nitrogens with zero attached hydrogens (tertiary/aromatic N) is 6. The summed E-state index contributed by atoms with van der Waals surface area (Å²) >= 11 is 1.46. The van der Waals surface area contributed by atoms with Crippen molar-refractivity contribution in [3.05, 3.63) is 45.5 Å². The Hall–Kier alpha value is -4.15. The third-order valence-electron chi connectivity index (χ3n) is 12.9.